The van der Waals surface area contributed by atoms with Crippen LogP contribution in [0.1, 0.15) is 0 Å². The number of rotatable bonds is 2. The molecule has 3 heteroatoms. The zero-order valence-electron chi connectivity index (χ0n) is 10.2. The van der Waals surface area contributed by atoms with Gasteiger partial charge >= 0.3 is 0 Å². The third-order valence-corrected chi connectivity index (χ3v) is 3.94. The van der Waals surface area contributed by atoms with E-state index in [1.807, 2.05) is 18.2 Å². The van der Waals surface area contributed by atoms with Gasteiger partial charge in [0.15, 0.2) is 0 Å². The molecule has 0 bridgehead atoms. The summed E-state index contributed by atoms with van der Waals surface area (Å²) in [6.45, 7) is 0. The molecule has 0 fully saturated rings. The largest absolute Gasteiger partial charge is 0.399 e. The standard InChI is InChI=1S/C16H13IN2/c17-14-10-12(18)8-9-16(14)19-15-7-3-5-11-4-1-2-6-13(11)15/h1-10,19H,18H2. The Morgan fingerprint density at radius 2 is 1.63 bits per heavy atom. The first kappa shape index (κ1) is 12.3. The van der Waals surface area contributed by atoms with Crippen molar-refractivity contribution in [1.82, 2.24) is 0 Å². The van der Waals surface area contributed by atoms with Crippen molar-refractivity contribution >= 4 is 50.4 Å². The number of halogens is 1. The maximum atomic E-state index is 5.78. The maximum Gasteiger partial charge on any atom is 0.0521 e. The Labute approximate surface area is 125 Å². The first-order valence-electron chi connectivity index (χ1n) is 6.04. The predicted octanol–water partition coefficient (Wildman–Crippen LogP) is 4.77. The summed E-state index contributed by atoms with van der Waals surface area (Å²) in [7, 11) is 0. The molecule has 94 valence electrons. The molecular weight excluding hydrogens is 347 g/mol. The van der Waals surface area contributed by atoms with Crippen molar-refractivity contribution in [2.75, 3.05) is 11.1 Å². The third kappa shape index (κ3) is 2.51. The number of hydrogen-bond acceptors (Lipinski definition) is 2. The Morgan fingerprint density at radius 1 is 0.842 bits per heavy atom. The molecular formula is C16H13IN2. The Bertz CT molecular complexity index is 732. The second-order valence-corrected chi connectivity index (χ2v) is 5.55. The Kier molecular flexibility index (Phi) is 3.29. The van der Waals surface area contributed by atoms with Gasteiger partial charge in [-0.2, -0.15) is 0 Å². The van der Waals surface area contributed by atoms with Crippen molar-refractivity contribution in [2.45, 2.75) is 0 Å². The minimum absolute atomic E-state index is 0.785. The molecule has 0 atom stereocenters. The van der Waals surface area contributed by atoms with E-state index in [0.717, 1.165) is 20.6 Å². The van der Waals surface area contributed by atoms with Gasteiger partial charge in [0.2, 0.25) is 0 Å². The van der Waals surface area contributed by atoms with Crippen LogP contribution in [-0.2, 0) is 0 Å². The molecule has 0 amide bonds. The lowest BCUT2D eigenvalue weighted by Gasteiger charge is -2.11. The molecule has 3 N–H and O–H groups in total. The molecule has 0 saturated carbocycles. The normalized spacial score (nSPS) is 10.6. The summed E-state index contributed by atoms with van der Waals surface area (Å²) in [5.41, 5.74) is 8.75. The number of anilines is 3. The molecule has 0 aliphatic heterocycles. The molecule has 3 rings (SSSR count). The molecule has 3 aromatic carbocycles. The number of nitrogens with one attached hydrogen (secondary N) is 1. The molecule has 0 saturated heterocycles. The van der Waals surface area contributed by atoms with Crippen molar-refractivity contribution in [1.29, 1.82) is 0 Å². The average molecular weight is 360 g/mol. The first-order valence-corrected chi connectivity index (χ1v) is 7.12. The van der Waals surface area contributed by atoms with Crippen LogP contribution in [-0.4, -0.2) is 0 Å². The summed E-state index contributed by atoms with van der Waals surface area (Å²) in [6.07, 6.45) is 0. The number of benzene rings is 3. The highest BCUT2D eigenvalue weighted by Gasteiger charge is 2.03. The zero-order chi connectivity index (χ0) is 13.2. The molecule has 0 unspecified atom stereocenters. The van der Waals surface area contributed by atoms with E-state index in [2.05, 4.69) is 70.4 Å². The van der Waals surface area contributed by atoms with Gasteiger partial charge in [-0.05, 0) is 52.2 Å². The number of hydrogen-bond donors (Lipinski definition) is 2. The monoisotopic (exact) mass is 360 g/mol. The van der Waals surface area contributed by atoms with E-state index < -0.39 is 0 Å². The van der Waals surface area contributed by atoms with Gasteiger partial charge in [-0.3, -0.25) is 0 Å². The van der Waals surface area contributed by atoms with Crippen LogP contribution < -0.4 is 11.1 Å². The van der Waals surface area contributed by atoms with Gasteiger partial charge in [0.05, 0.1) is 5.69 Å². The van der Waals surface area contributed by atoms with Gasteiger partial charge < -0.3 is 11.1 Å². The second kappa shape index (κ2) is 5.09. The minimum atomic E-state index is 0.785. The lowest BCUT2D eigenvalue weighted by Crippen LogP contribution is -1.95. The molecule has 19 heavy (non-hydrogen) atoms. The van der Waals surface area contributed by atoms with E-state index in [9.17, 15) is 0 Å². The topological polar surface area (TPSA) is 38.0 Å². The van der Waals surface area contributed by atoms with Gasteiger partial charge in [-0.25, -0.2) is 0 Å². The van der Waals surface area contributed by atoms with E-state index in [0.29, 0.717) is 0 Å². The molecule has 0 aromatic heterocycles. The fourth-order valence-corrected chi connectivity index (χ4v) is 2.79. The molecule has 0 radical (unpaired) electrons. The Hall–Kier alpha value is -1.75. The summed E-state index contributed by atoms with van der Waals surface area (Å²) >= 11 is 2.29. The smallest absolute Gasteiger partial charge is 0.0521 e. The van der Waals surface area contributed by atoms with Crippen molar-refractivity contribution in [3.05, 3.63) is 64.2 Å². The summed E-state index contributed by atoms with van der Waals surface area (Å²) in [4.78, 5) is 0. The van der Waals surface area contributed by atoms with E-state index in [1.54, 1.807) is 0 Å². The average Bonchev–Trinajstić information content (AvgIpc) is 2.42. The molecule has 2 nitrogen and oxygen atoms in total. The Balaban J connectivity index is 2.06. The quantitative estimate of drug-likeness (QED) is 0.510. The molecule has 3 aromatic rings. The van der Waals surface area contributed by atoms with E-state index >= 15 is 0 Å². The highest BCUT2D eigenvalue weighted by Crippen LogP contribution is 2.29. The summed E-state index contributed by atoms with van der Waals surface area (Å²) in [5, 5.41) is 5.93. The summed E-state index contributed by atoms with van der Waals surface area (Å²) < 4.78 is 1.12. The molecule has 0 heterocycles. The highest BCUT2D eigenvalue weighted by atomic mass is 127. The second-order valence-electron chi connectivity index (χ2n) is 4.39. The predicted molar refractivity (Wildman–Crippen MR) is 90.8 cm³/mol. The van der Waals surface area contributed by atoms with Gasteiger partial charge in [0.1, 0.15) is 0 Å². The van der Waals surface area contributed by atoms with Crippen molar-refractivity contribution in [2.24, 2.45) is 0 Å². The van der Waals surface area contributed by atoms with Crippen molar-refractivity contribution in [3.8, 4) is 0 Å². The van der Waals surface area contributed by atoms with Crippen LogP contribution in [0.3, 0.4) is 0 Å². The van der Waals surface area contributed by atoms with Crippen LogP contribution in [0, 0.1) is 3.57 Å². The van der Waals surface area contributed by atoms with E-state index in [-0.39, 0.29) is 0 Å². The summed E-state index contributed by atoms with van der Waals surface area (Å²) in [5.74, 6) is 0. The van der Waals surface area contributed by atoms with Crippen molar-refractivity contribution in [3.63, 3.8) is 0 Å². The van der Waals surface area contributed by atoms with Crippen molar-refractivity contribution < 1.29 is 0 Å². The molecule has 0 aliphatic carbocycles. The first-order chi connectivity index (χ1) is 9.24. The van der Waals surface area contributed by atoms with E-state index in [4.69, 9.17) is 5.73 Å². The Morgan fingerprint density at radius 3 is 2.47 bits per heavy atom. The fourth-order valence-electron chi connectivity index (χ4n) is 2.11. The fraction of sp³-hybridized carbons (Fsp3) is 0. The number of nitrogen functional groups attached to an aromatic ring is 1. The number of fused-ring (bicyclic) bond motifs is 1. The van der Waals surface area contributed by atoms with Crippen LogP contribution in [0.15, 0.2) is 60.7 Å². The van der Waals surface area contributed by atoms with E-state index in [1.165, 1.54) is 10.8 Å². The van der Waals surface area contributed by atoms with Crippen LogP contribution >= 0.6 is 22.6 Å². The highest BCUT2D eigenvalue weighted by molar-refractivity contribution is 14.1. The third-order valence-electron chi connectivity index (χ3n) is 3.05. The van der Waals surface area contributed by atoms with Crippen LogP contribution in [0.2, 0.25) is 0 Å². The van der Waals surface area contributed by atoms with Crippen LogP contribution in [0.4, 0.5) is 17.1 Å². The molecule has 0 aliphatic rings. The lowest BCUT2D eigenvalue weighted by molar-refractivity contribution is 1.54. The molecule has 0 spiro atoms. The minimum Gasteiger partial charge on any atom is -0.399 e. The van der Waals surface area contributed by atoms with Gasteiger partial charge in [-0.15, -0.1) is 0 Å². The maximum absolute atomic E-state index is 5.78. The van der Waals surface area contributed by atoms with Crippen LogP contribution in [0.5, 0.6) is 0 Å². The zero-order valence-corrected chi connectivity index (χ0v) is 12.4. The number of nitrogens with two attached hydrogens (primary N) is 1. The van der Waals surface area contributed by atoms with Crippen LogP contribution in [0.25, 0.3) is 10.8 Å². The summed E-state index contributed by atoms with van der Waals surface area (Å²) in [6, 6.07) is 20.5. The van der Waals surface area contributed by atoms with Gasteiger partial charge in [0.25, 0.3) is 0 Å². The van der Waals surface area contributed by atoms with Gasteiger partial charge in [-0.1, -0.05) is 36.4 Å². The SMILES string of the molecule is Nc1ccc(Nc2cccc3ccccc23)c(I)c1. The lowest BCUT2D eigenvalue weighted by atomic mass is 10.1. The van der Waals surface area contributed by atoms with Gasteiger partial charge in [0, 0.05) is 20.3 Å².